The van der Waals surface area contributed by atoms with E-state index in [0.717, 1.165) is 18.3 Å². The molecule has 0 saturated heterocycles. The van der Waals surface area contributed by atoms with Crippen LogP contribution < -0.4 is 4.74 Å². The molecule has 2 aromatic rings. The molecule has 0 radical (unpaired) electrons. The number of ether oxygens (including phenoxy) is 1. The van der Waals surface area contributed by atoms with Crippen molar-refractivity contribution in [2.75, 3.05) is 0 Å². The molecule has 0 aliphatic rings. The molecular weight excluding hydrogens is 311 g/mol. The number of benzene rings is 1. The lowest BCUT2D eigenvalue weighted by atomic mass is 10.2. The second-order valence-corrected chi connectivity index (χ2v) is 4.36. The molecule has 0 aliphatic heterocycles. The number of pyridine rings is 1. The van der Waals surface area contributed by atoms with Crippen molar-refractivity contribution < 1.29 is 27.8 Å². The van der Waals surface area contributed by atoms with Crippen molar-refractivity contribution in [2.24, 2.45) is 0 Å². The van der Waals surface area contributed by atoms with E-state index in [9.17, 15) is 18.0 Å². The summed E-state index contributed by atoms with van der Waals surface area (Å²) >= 11 is 5.67. The average molecular weight is 318 g/mol. The number of aromatic nitrogens is 1. The fourth-order valence-corrected chi connectivity index (χ4v) is 1.68. The lowest BCUT2D eigenvalue weighted by molar-refractivity contribution is -0.137. The molecule has 0 bridgehead atoms. The van der Waals surface area contributed by atoms with Crippen LogP contribution in [0.2, 0.25) is 5.02 Å². The summed E-state index contributed by atoms with van der Waals surface area (Å²) in [5, 5.41) is 9.18. The summed E-state index contributed by atoms with van der Waals surface area (Å²) in [7, 11) is 0. The number of rotatable bonds is 3. The summed E-state index contributed by atoms with van der Waals surface area (Å²) in [5.41, 5.74) is -1.22. The summed E-state index contributed by atoms with van der Waals surface area (Å²) in [5.74, 6) is -1.84. The van der Waals surface area contributed by atoms with Crippen LogP contribution in [0.15, 0.2) is 36.5 Å². The first-order valence-corrected chi connectivity index (χ1v) is 5.89. The van der Waals surface area contributed by atoms with E-state index in [1.54, 1.807) is 0 Å². The summed E-state index contributed by atoms with van der Waals surface area (Å²) in [4.78, 5) is 14.7. The van der Waals surface area contributed by atoms with Crippen LogP contribution in [0.3, 0.4) is 0 Å². The van der Waals surface area contributed by atoms with Crippen molar-refractivity contribution in [3.63, 3.8) is 0 Å². The Hall–Kier alpha value is -2.28. The lowest BCUT2D eigenvalue weighted by Gasteiger charge is -2.10. The third-order valence-corrected chi connectivity index (χ3v) is 2.68. The van der Waals surface area contributed by atoms with E-state index in [2.05, 4.69) is 4.98 Å². The SMILES string of the molecule is O=C(O)c1cc(Cl)ccc1Oc1cc(C(F)(F)F)ccn1. The van der Waals surface area contributed by atoms with Gasteiger partial charge in [-0.05, 0) is 24.3 Å². The predicted molar refractivity (Wildman–Crippen MR) is 67.7 cm³/mol. The Balaban J connectivity index is 2.37. The molecule has 0 atom stereocenters. The smallest absolute Gasteiger partial charge is 0.416 e. The Bertz CT molecular complexity index is 689. The predicted octanol–water partition coefficient (Wildman–Crippen LogP) is 4.24. The molecule has 0 unspecified atom stereocenters. The zero-order chi connectivity index (χ0) is 15.6. The number of alkyl halides is 3. The van der Waals surface area contributed by atoms with E-state index in [1.807, 2.05) is 0 Å². The monoisotopic (exact) mass is 317 g/mol. The minimum absolute atomic E-state index is 0.154. The molecule has 8 heteroatoms. The first-order chi connectivity index (χ1) is 9.77. The van der Waals surface area contributed by atoms with Crippen molar-refractivity contribution in [2.45, 2.75) is 6.18 Å². The second-order valence-electron chi connectivity index (χ2n) is 3.93. The third-order valence-electron chi connectivity index (χ3n) is 2.45. The first-order valence-electron chi connectivity index (χ1n) is 5.51. The largest absolute Gasteiger partial charge is 0.478 e. The zero-order valence-corrected chi connectivity index (χ0v) is 10.9. The number of nitrogens with zero attached hydrogens (tertiary/aromatic N) is 1. The van der Waals surface area contributed by atoms with E-state index in [0.29, 0.717) is 6.07 Å². The summed E-state index contributed by atoms with van der Waals surface area (Å²) < 4.78 is 42.8. The Kier molecular flexibility index (Phi) is 4.04. The highest BCUT2D eigenvalue weighted by Crippen LogP contribution is 2.32. The van der Waals surface area contributed by atoms with Crippen LogP contribution in [0.4, 0.5) is 13.2 Å². The zero-order valence-electron chi connectivity index (χ0n) is 10.2. The van der Waals surface area contributed by atoms with Gasteiger partial charge in [-0.25, -0.2) is 9.78 Å². The van der Waals surface area contributed by atoms with Crippen molar-refractivity contribution in [3.05, 3.63) is 52.7 Å². The molecule has 0 saturated carbocycles. The van der Waals surface area contributed by atoms with Crippen LogP contribution in [-0.2, 0) is 6.18 Å². The topological polar surface area (TPSA) is 59.4 Å². The molecule has 1 heterocycles. The molecule has 2 rings (SSSR count). The summed E-state index contributed by atoms with van der Waals surface area (Å²) in [6, 6.07) is 5.20. The molecule has 110 valence electrons. The van der Waals surface area contributed by atoms with Crippen LogP contribution in [0.1, 0.15) is 15.9 Å². The highest BCUT2D eigenvalue weighted by molar-refractivity contribution is 6.31. The van der Waals surface area contributed by atoms with Crippen LogP contribution in [0.5, 0.6) is 11.6 Å². The minimum atomic E-state index is -4.54. The number of hydrogen-bond acceptors (Lipinski definition) is 3. The molecule has 0 aliphatic carbocycles. The highest BCUT2D eigenvalue weighted by atomic mass is 35.5. The van der Waals surface area contributed by atoms with Gasteiger partial charge < -0.3 is 9.84 Å². The molecule has 0 amide bonds. The summed E-state index contributed by atoms with van der Waals surface area (Å²) in [6.07, 6.45) is -3.62. The van der Waals surface area contributed by atoms with Crippen molar-refractivity contribution in [1.82, 2.24) is 4.98 Å². The molecule has 21 heavy (non-hydrogen) atoms. The van der Waals surface area contributed by atoms with E-state index < -0.39 is 17.7 Å². The van der Waals surface area contributed by atoms with Gasteiger partial charge in [-0.3, -0.25) is 0 Å². The third kappa shape index (κ3) is 3.63. The summed E-state index contributed by atoms with van der Waals surface area (Å²) in [6.45, 7) is 0. The average Bonchev–Trinajstić information content (AvgIpc) is 2.40. The molecule has 4 nitrogen and oxygen atoms in total. The molecule has 0 spiro atoms. The minimum Gasteiger partial charge on any atom is -0.478 e. The van der Waals surface area contributed by atoms with E-state index in [-0.39, 0.29) is 22.2 Å². The maximum atomic E-state index is 12.6. The van der Waals surface area contributed by atoms with Gasteiger partial charge >= 0.3 is 12.1 Å². The van der Waals surface area contributed by atoms with Crippen molar-refractivity contribution in [1.29, 1.82) is 0 Å². The van der Waals surface area contributed by atoms with Gasteiger partial charge in [-0.2, -0.15) is 13.2 Å². The van der Waals surface area contributed by atoms with Gasteiger partial charge in [-0.1, -0.05) is 11.6 Å². The number of carbonyl (C=O) groups is 1. The van der Waals surface area contributed by atoms with E-state index >= 15 is 0 Å². The standard InChI is InChI=1S/C13H7ClF3NO3/c14-8-1-2-10(9(6-8)12(19)20)21-11-5-7(3-4-18-11)13(15,16)17/h1-6H,(H,19,20). The fourth-order valence-electron chi connectivity index (χ4n) is 1.51. The number of halogens is 4. The Labute approximate surface area is 121 Å². The second kappa shape index (κ2) is 5.61. The quantitative estimate of drug-likeness (QED) is 0.919. The van der Waals surface area contributed by atoms with E-state index in [4.69, 9.17) is 21.4 Å². The first kappa shape index (κ1) is 15.1. The van der Waals surface area contributed by atoms with Crippen LogP contribution in [0, 0.1) is 0 Å². The molecule has 1 aromatic carbocycles. The number of carboxylic acids is 1. The highest BCUT2D eigenvalue weighted by Gasteiger charge is 2.31. The Morgan fingerprint density at radius 1 is 1.24 bits per heavy atom. The van der Waals surface area contributed by atoms with Gasteiger partial charge in [-0.15, -0.1) is 0 Å². The van der Waals surface area contributed by atoms with Gasteiger partial charge in [0.1, 0.15) is 11.3 Å². The molecule has 0 fully saturated rings. The van der Waals surface area contributed by atoms with Crippen molar-refractivity contribution in [3.8, 4) is 11.6 Å². The van der Waals surface area contributed by atoms with Gasteiger partial charge in [0.25, 0.3) is 0 Å². The van der Waals surface area contributed by atoms with Crippen molar-refractivity contribution >= 4 is 17.6 Å². The van der Waals surface area contributed by atoms with Crippen LogP contribution >= 0.6 is 11.6 Å². The fraction of sp³-hybridized carbons (Fsp3) is 0.0769. The number of aromatic carboxylic acids is 1. The number of hydrogen-bond donors (Lipinski definition) is 1. The van der Waals surface area contributed by atoms with Gasteiger partial charge in [0.05, 0.1) is 5.56 Å². The lowest BCUT2D eigenvalue weighted by Crippen LogP contribution is -2.06. The van der Waals surface area contributed by atoms with Crippen LogP contribution in [-0.4, -0.2) is 16.1 Å². The van der Waals surface area contributed by atoms with Gasteiger partial charge in [0, 0.05) is 17.3 Å². The maximum absolute atomic E-state index is 12.6. The maximum Gasteiger partial charge on any atom is 0.416 e. The molecular formula is C13H7ClF3NO3. The van der Waals surface area contributed by atoms with E-state index in [1.165, 1.54) is 12.1 Å². The Morgan fingerprint density at radius 3 is 2.57 bits per heavy atom. The van der Waals surface area contributed by atoms with Crippen LogP contribution in [0.25, 0.3) is 0 Å². The van der Waals surface area contributed by atoms with Gasteiger partial charge in [0.2, 0.25) is 5.88 Å². The molecule has 1 aromatic heterocycles. The Morgan fingerprint density at radius 2 is 1.95 bits per heavy atom. The number of carboxylic acid groups (broad SMARTS) is 1. The van der Waals surface area contributed by atoms with Gasteiger partial charge in [0.15, 0.2) is 0 Å². The normalized spacial score (nSPS) is 11.2. The molecule has 1 N–H and O–H groups in total.